The van der Waals surface area contributed by atoms with Crippen LogP contribution >= 0.6 is 0 Å². The van der Waals surface area contributed by atoms with Crippen LogP contribution in [-0.4, -0.2) is 23.9 Å². The number of fused-ring (bicyclic) bond motifs is 1. The van der Waals surface area contributed by atoms with Gasteiger partial charge in [0.1, 0.15) is 17.2 Å². The molecule has 1 aromatic rings. The molecule has 1 saturated heterocycles. The quantitative estimate of drug-likeness (QED) is 0.753. The van der Waals surface area contributed by atoms with Gasteiger partial charge in [-0.3, -0.25) is 0 Å². The van der Waals surface area contributed by atoms with E-state index in [2.05, 4.69) is 0 Å². The van der Waals surface area contributed by atoms with Crippen molar-refractivity contribution in [3.8, 4) is 5.75 Å². The monoisotopic (exact) mass is 238 g/mol. The number of halogens is 1. The maximum Gasteiger partial charge on any atom is 0.126 e. The number of aliphatic hydroxyl groups is 1. The zero-order valence-electron chi connectivity index (χ0n) is 9.49. The molecule has 1 aromatic carbocycles. The third kappa shape index (κ3) is 1.91. The molecule has 3 rings (SSSR count). The highest BCUT2D eigenvalue weighted by atomic mass is 19.1. The average molecular weight is 238 g/mol. The van der Waals surface area contributed by atoms with Crippen LogP contribution in [0.15, 0.2) is 18.2 Å². The summed E-state index contributed by atoms with van der Waals surface area (Å²) >= 11 is 0. The van der Waals surface area contributed by atoms with Crippen molar-refractivity contribution in [3.05, 3.63) is 29.6 Å². The molecule has 0 aromatic heterocycles. The van der Waals surface area contributed by atoms with Crippen LogP contribution < -0.4 is 4.74 Å². The van der Waals surface area contributed by atoms with E-state index in [-0.39, 0.29) is 11.4 Å². The molecule has 1 spiro atoms. The second kappa shape index (κ2) is 3.96. The summed E-state index contributed by atoms with van der Waals surface area (Å²) in [4.78, 5) is 0. The van der Waals surface area contributed by atoms with E-state index < -0.39 is 6.10 Å². The Bertz CT molecular complexity index is 427. The second-order valence-corrected chi connectivity index (χ2v) is 4.80. The zero-order valence-corrected chi connectivity index (χ0v) is 9.49. The summed E-state index contributed by atoms with van der Waals surface area (Å²) in [5.74, 6) is 0.265. The van der Waals surface area contributed by atoms with Crippen molar-refractivity contribution in [2.75, 3.05) is 13.2 Å². The normalized spacial score (nSPS) is 26.4. The summed E-state index contributed by atoms with van der Waals surface area (Å²) in [6.07, 6.45) is 1.43. The highest BCUT2D eigenvalue weighted by Crippen LogP contribution is 2.43. The first kappa shape index (κ1) is 11.0. The Morgan fingerprint density at radius 1 is 1.29 bits per heavy atom. The summed E-state index contributed by atoms with van der Waals surface area (Å²) in [5, 5.41) is 10.1. The third-order valence-electron chi connectivity index (χ3n) is 3.63. The predicted molar refractivity (Wildman–Crippen MR) is 59.4 cm³/mol. The molecule has 3 nitrogen and oxygen atoms in total. The van der Waals surface area contributed by atoms with Gasteiger partial charge in [-0.2, -0.15) is 0 Å². The zero-order chi connectivity index (χ0) is 11.9. The van der Waals surface area contributed by atoms with E-state index in [9.17, 15) is 9.50 Å². The van der Waals surface area contributed by atoms with Crippen LogP contribution in [0, 0.1) is 5.82 Å². The Morgan fingerprint density at radius 3 is 2.82 bits per heavy atom. The fourth-order valence-electron chi connectivity index (χ4n) is 2.66. The van der Waals surface area contributed by atoms with Gasteiger partial charge in [-0.15, -0.1) is 0 Å². The molecule has 1 N–H and O–H groups in total. The highest BCUT2D eigenvalue weighted by molar-refractivity contribution is 5.38. The smallest absolute Gasteiger partial charge is 0.126 e. The largest absolute Gasteiger partial charge is 0.487 e. The van der Waals surface area contributed by atoms with E-state index in [1.54, 1.807) is 6.07 Å². The lowest BCUT2D eigenvalue weighted by Crippen LogP contribution is -2.45. The maximum absolute atomic E-state index is 13.1. The van der Waals surface area contributed by atoms with E-state index >= 15 is 0 Å². The Morgan fingerprint density at radius 2 is 2.06 bits per heavy atom. The van der Waals surface area contributed by atoms with Gasteiger partial charge in [0.05, 0.1) is 19.3 Å². The molecule has 0 bridgehead atoms. The molecule has 1 atom stereocenters. The van der Waals surface area contributed by atoms with Crippen molar-refractivity contribution in [3.63, 3.8) is 0 Å². The van der Waals surface area contributed by atoms with E-state index in [1.807, 2.05) is 0 Å². The molecule has 2 heterocycles. The molecule has 2 aliphatic heterocycles. The third-order valence-corrected chi connectivity index (χ3v) is 3.63. The summed E-state index contributed by atoms with van der Waals surface area (Å²) in [5.41, 5.74) is 0.227. The summed E-state index contributed by atoms with van der Waals surface area (Å²) in [7, 11) is 0. The van der Waals surface area contributed by atoms with Gasteiger partial charge < -0.3 is 14.6 Å². The molecule has 1 unspecified atom stereocenters. The molecule has 92 valence electrons. The van der Waals surface area contributed by atoms with Gasteiger partial charge in [-0.05, 0) is 18.2 Å². The van der Waals surface area contributed by atoms with Crippen LogP contribution in [0.2, 0.25) is 0 Å². The van der Waals surface area contributed by atoms with E-state index in [0.717, 1.165) is 12.8 Å². The van der Waals surface area contributed by atoms with Crippen LogP contribution in [0.25, 0.3) is 0 Å². The molecule has 2 aliphatic rings. The number of hydrogen-bond donors (Lipinski definition) is 1. The molecule has 17 heavy (non-hydrogen) atoms. The Labute approximate surface area is 99.2 Å². The summed E-state index contributed by atoms with van der Waals surface area (Å²) in [6.45, 7) is 1.31. The first-order valence-corrected chi connectivity index (χ1v) is 5.93. The van der Waals surface area contributed by atoms with Crippen molar-refractivity contribution >= 4 is 0 Å². The standard InChI is InChI=1S/C13H15FO3/c14-9-1-2-12-10(7-9)11(15)8-13(17-12)3-5-16-6-4-13/h1-2,7,11,15H,3-6,8H2. The molecule has 4 heteroatoms. The first-order chi connectivity index (χ1) is 8.19. The van der Waals surface area contributed by atoms with E-state index in [4.69, 9.17) is 9.47 Å². The van der Waals surface area contributed by atoms with Gasteiger partial charge >= 0.3 is 0 Å². The molecular weight excluding hydrogens is 223 g/mol. The van der Waals surface area contributed by atoms with Gasteiger partial charge in [-0.25, -0.2) is 4.39 Å². The molecule has 1 fully saturated rings. The molecule has 0 saturated carbocycles. The van der Waals surface area contributed by atoms with Crippen molar-refractivity contribution in [2.45, 2.75) is 31.0 Å². The second-order valence-electron chi connectivity index (χ2n) is 4.80. The van der Waals surface area contributed by atoms with E-state index in [0.29, 0.717) is 30.9 Å². The highest BCUT2D eigenvalue weighted by Gasteiger charge is 2.41. The minimum Gasteiger partial charge on any atom is -0.487 e. The lowest BCUT2D eigenvalue weighted by atomic mass is 9.83. The molecule has 0 aliphatic carbocycles. The van der Waals surface area contributed by atoms with E-state index in [1.165, 1.54) is 12.1 Å². The van der Waals surface area contributed by atoms with Crippen LogP contribution in [0.3, 0.4) is 0 Å². The maximum atomic E-state index is 13.1. The fourth-order valence-corrected chi connectivity index (χ4v) is 2.66. The fraction of sp³-hybridized carbons (Fsp3) is 0.538. The Kier molecular flexibility index (Phi) is 2.56. The molecule has 0 amide bonds. The number of aliphatic hydroxyl groups excluding tert-OH is 1. The van der Waals surface area contributed by atoms with Gasteiger partial charge in [0.25, 0.3) is 0 Å². The number of ether oxygens (including phenoxy) is 2. The Balaban J connectivity index is 1.94. The lowest BCUT2D eigenvalue weighted by Gasteiger charge is -2.43. The predicted octanol–water partition coefficient (Wildman–Crippen LogP) is 2.19. The number of hydrogen-bond acceptors (Lipinski definition) is 3. The van der Waals surface area contributed by atoms with Crippen molar-refractivity contribution in [1.29, 1.82) is 0 Å². The molecule has 0 radical (unpaired) electrons. The van der Waals surface area contributed by atoms with Crippen LogP contribution in [0.5, 0.6) is 5.75 Å². The number of rotatable bonds is 0. The van der Waals surface area contributed by atoms with Gasteiger partial charge in [-0.1, -0.05) is 0 Å². The van der Waals surface area contributed by atoms with Gasteiger partial charge in [0.15, 0.2) is 0 Å². The first-order valence-electron chi connectivity index (χ1n) is 5.93. The van der Waals surface area contributed by atoms with Crippen molar-refractivity contribution in [1.82, 2.24) is 0 Å². The SMILES string of the molecule is OC1CC2(CCOCC2)Oc2ccc(F)cc21. The molecular formula is C13H15FO3. The summed E-state index contributed by atoms with van der Waals surface area (Å²) < 4.78 is 24.4. The van der Waals surface area contributed by atoms with Crippen LogP contribution in [-0.2, 0) is 4.74 Å². The summed E-state index contributed by atoms with van der Waals surface area (Å²) in [6, 6.07) is 4.32. The van der Waals surface area contributed by atoms with Crippen LogP contribution in [0.1, 0.15) is 30.9 Å². The minimum atomic E-state index is -0.646. The van der Waals surface area contributed by atoms with Gasteiger partial charge in [0, 0.05) is 24.8 Å². The minimum absolute atomic E-state index is 0.331. The van der Waals surface area contributed by atoms with Gasteiger partial charge in [0.2, 0.25) is 0 Å². The van der Waals surface area contributed by atoms with Crippen molar-refractivity contribution < 1.29 is 19.0 Å². The average Bonchev–Trinajstić information content (AvgIpc) is 2.31. The topological polar surface area (TPSA) is 38.7 Å². The number of benzene rings is 1. The lowest BCUT2D eigenvalue weighted by molar-refractivity contribution is -0.0840. The van der Waals surface area contributed by atoms with Crippen LogP contribution in [0.4, 0.5) is 4.39 Å². The van der Waals surface area contributed by atoms with Crippen molar-refractivity contribution in [2.24, 2.45) is 0 Å². The Hall–Kier alpha value is -1.13.